The average Bonchev–Trinajstić information content (AvgIpc) is 2.66. The largest absolute Gasteiger partial charge is 0.573 e. The van der Waals surface area contributed by atoms with Gasteiger partial charge in [0, 0.05) is 0 Å². The van der Waals surface area contributed by atoms with Crippen molar-refractivity contribution in [2.24, 2.45) is 0 Å². The molecule has 0 aliphatic carbocycles. The van der Waals surface area contributed by atoms with E-state index in [0.29, 0.717) is 0 Å². The van der Waals surface area contributed by atoms with Crippen molar-refractivity contribution in [1.82, 2.24) is 0 Å². The standard InChI is InChI=1S/C12H6Br3F3OS/c13-9-5-8(11(15)20-9)10(14)6-1-3-7(4-2-6)19-12(16,17)18/h1-5,10H. The molecule has 1 aromatic carbocycles. The molecule has 108 valence electrons. The molecule has 2 rings (SSSR count). The zero-order valence-electron chi connectivity index (χ0n) is 9.55. The average molecular weight is 495 g/mol. The molecule has 0 saturated heterocycles. The fourth-order valence-electron chi connectivity index (χ4n) is 1.54. The van der Waals surface area contributed by atoms with Crippen molar-refractivity contribution in [3.05, 3.63) is 49.0 Å². The second-order valence-corrected chi connectivity index (χ2v) is 8.42. The molecular weight excluding hydrogens is 489 g/mol. The Morgan fingerprint density at radius 1 is 1.10 bits per heavy atom. The summed E-state index contributed by atoms with van der Waals surface area (Å²) in [5.41, 5.74) is 1.84. The summed E-state index contributed by atoms with van der Waals surface area (Å²) in [6.45, 7) is 0. The van der Waals surface area contributed by atoms with Crippen LogP contribution in [0.4, 0.5) is 13.2 Å². The summed E-state index contributed by atoms with van der Waals surface area (Å²) in [6, 6.07) is 7.74. The molecule has 0 spiro atoms. The quantitative estimate of drug-likeness (QED) is 0.434. The molecule has 0 N–H and O–H groups in total. The van der Waals surface area contributed by atoms with Crippen molar-refractivity contribution in [1.29, 1.82) is 0 Å². The lowest BCUT2D eigenvalue weighted by atomic mass is 10.1. The molecule has 1 heterocycles. The van der Waals surface area contributed by atoms with Crippen LogP contribution in [0.25, 0.3) is 0 Å². The van der Waals surface area contributed by atoms with Crippen molar-refractivity contribution in [3.8, 4) is 5.75 Å². The highest BCUT2D eigenvalue weighted by Gasteiger charge is 2.31. The second kappa shape index (κ2) is 6.37. The van der Waals surface area contributed by atoms with Crippen LogP contribution < -0.4 is 4.74 Å². The van der Waals surface area contributed by atoms with E-state index in [1.165, 1.54) is 23.5 Å². The molecule has 1 aromatic heterocycles. The molecule has 0 fully saturated rings. The third-order valence-electron chi connectivity index (χ3n) is 2.36. The highest BCUT2D eigenvalue weighted by Crippen LogP contribution is 2.42. The molecule has 8 heteroatoms. The third-order valence-corrected chi connectivity index (χ3v) is 5.77. The highest BCUT2D eigenvalue weighted by atomic mass is 79.9. The smallest absolute Gasteiger partial charge is 0.406 e. The maximum absolute atomic E-state index is 12.1. The van der Waals surface area contributed by atoms with Crippen LogP contribution in [0.3, 0.4) is 0 Å². The normalized spacial score (nSPS) is 13.3. The predicted molar refractivity (Wildman–Crippen MR) is 83.6 cm³/mol. The van der Waals surface area contributed by atoms with E-state index in [4.69, 9.17) is 0 Å². The number of alkyl halides is 4. The molecule has 0 bridgehead atoms. The van der Waals surface area contributed by atoms with E-state index >= 15 is 0 Å². The number of hydrogen-bond donors (Lipinski definition) is 0. The Labute approximate surface area is 142 Å². The molecule has 0 saturated carbocycles. The van der Waals surface area contributed by atoms with Gasteiger partial charge in [-0.25, -0.2) is 0 Å². The predicted octanol–water partition coefficient (Wildman–Crippen LogP) is 6.66. The van der Waals surface area contributed by atoms with Crippen LogP contribution in [-0.2, 0) is 0 Å². The number of halogens is 6. The molecule has 0 amide bonds. The van der Waals surface area contributed by atoms with Gasteiger partial charge in [-0.15, -0.1) is 24.5 Å². The lowest BCUT2D eigenvalue weighted by Crippen LogP contribution is -2.17. The molecule has 2 aromatic rings. The number of thiophene rings is 1. The first-order valence-corrected chi connectivity index (χ1v) is 8.52. The van der Waals surface area contributed by atoms with Gasteiger partial charge in [0.05, 0.1) is 12.4 Å². The first kappa shape index (κ1) is 16.3. The van der Waals surface area contributed by atoms with E-state index in [9.17, 15) is 13.2 Å². The van der Waals surface area contributed by atoms with Gasteiger partial charge >= 0.3 is 6.36 Å². The van der Waals surface area contributed by atoms with Crippen LogP contribution in [0.5, 0.6) is 5.75 Å². The summed E-state index contributed by atoms with van der Waals surface area (Å²) < 4.78 is 42.0. The number of rotatable bonds is 3. The van der Waals surface area contributed by atoms with E-state index in [2.05, 4.69) is 52.5 Å². The fourth-order valence-corrected chi connectivity index (χ4v) is 5.57. The van der Waals surface area contributed by atoms with Crippen LogP contribution >= 0.6 is 59.1 Å². The van der Waals surface area contributed by atoms with Gasteiger partial charge in [-0.2, -0.15) is 0 Å². The van der Waals surface area contributed by atoms with E-state index in [0.717, 1.165) is 18.7 Å². The summed E-state index contributed by atoms with van der Waals surface area (Å²) >= 11 is 11.9. The van der Waals surface area contributed by atoms with Gasteiger partial charge in [-0.05, 0) is 61.2 Å². The minimum atomic E-state index is -4.67. The van der Waals surface area contributed by atoms with E-state index in [-0.39, 0.29) is 10.6 Å². The van der Waals surface area contributed by atoms with Crippen molar-refractivity contribution in [3.63, 3.8) is 0 Å². The van der Waals surface area contributed by atoms with Crippen LogP contribution in [0.1, 0.15) is 16.0 Å². The number of benzene rings is 1. The zero-order valence-corrected chi connectivity index (χ0v) is 15.1. The summed E-state index contributed by atoms with van der Waals surface area (Å²) in [5, 5.41) is 0. The maximum atomic E-state index is 12.1. The van der Waals surface area contributed by atoms with Crippen molar-refractivity contribution >= 4 is 59.1 Å². The van der Waals surface area contributed by atoms with Gasteiger partial charge in [0.2, 0.25) is 0 Å². The third kappa shape index (κ3) is 4.22. The Hall–Kier alpha value is -0.0500. The van der Waals surface area contributed by atoms with Gasteiger partial charge in [0.1, 0.15) is 5.75 Å². The minimum Gasteiger partial charge on any atom is -0.406 e. The molecule has 20 heavy (non-hydrogen) atoms. The summed E-state index contributed by atoms with van der Waals surface area (Å²) in [6.07, 6.45) is -4.67. The van der Waals surface area contributed by atoms with Crippen LogP contribution in [0.2, 0.25) is 0 Å². The summed E-state index contributed by atoms with van der Waals surface area (Å²) in [7, 11) is 0. The van der Waals surface area contributed by atoms with E-state index < -0.39 is 6.36 Å². The summed E-state index contributed by atoms with van der Waals surface area (Å²) in [4.78, 5) is -0.112. The lowest BCUT2D eigenvalue weighted by molar-refractivity contribution is -0.274. The number of hydrogen-bond acceptors (Lipinski definition) is 2. The highest BCUT2D eigenvalue weighted by molar-refractivity contribution is 9.12. The van der Waals surface area contributed by atoms with Gasteiger partial charge in [-0.1, -0.05) is 28.1 Å². The molecule has 1 nitrogen and oxygen atoms in total. The molecular formula is C12H6Br3F3OS. The maximum Gasteiger partial charge on any atom is 0.573 e. The fraction of sp³-hybridized carbons (Fsp3) is 0.167. The lowest BCUT2D eigenvalue weighted by Gasteiger charge is -2.12. The Balaban J connectivity index is 2.19. The van der Waals surface area contributed by atoms with Crippen molar-refractivity contribution < 1.29 is 17.9 Å². The van der Waals surface area contributed by atoms with Crippen molar-refractivity contribution in [2.75, 3.05) is 0 Å². The molecule has 0 aliphatic heterocycles. The van der Waals surface area contributed by atoms with Crippen LogP contribution in [-0.4, -0.2) is 6.36 Å². The Morgan fingerprint density at radius 3 is 2.15 bits per heavy atom. The monoisotopic (exact) mass is 492 g/mol. The van der Waals surface area contributed by atoms with Gasteiger partial charge in [0.15, 0.2) is 0 Å². The Bertz CT molecular complexity index is 595. The molecule has 1 unspecified atom stereocenters. The molecule has 1 atom stereocenters. The van der Waals surface area contributed by atoms with Gasteiger partial charge in [-0.3, -0.25) is 0 Å². The Kier molecular flexibility index (Phi) is 5.20. The van der Waals surface area contributed by atoms with Gasteiger partial charge in [0.25, 0.3) is 0 Å². The molecule has 0 aliphatic rings. The van der Waals surface area contributed by atoms with Crippen LogP contribution in [0, 0.1) is 0 Å². The van der Waals surface area contributed by atoms with Crippen LogP contribution in [0.15, 0.2) is 37.9 Å². The summed E-state index contributed by atoms with van der Waals surface area (Å²) in [5.74, 6) is -0.230. The number of ether oxygens (including phenoxy) is 1. The second-order valence-electron chi connectivity index (χ2n) is 3.76. The van der Waals surface area contributed by atoms with Crippen molar-refractivity contribution in [2.45, 2.75) is 11.2 Å². The van der Waals surface area contributed by atoms with E-state index in [1.54, 1.807) is 12.1 Å². The SMILES string of the molecule is FC(F)(F)Oc1ccc(C(Br)c2cc(Br)sc2Br)cc1. The zero-order chi connectivity index (χ0) is 14.9. The topological polar surface area (TPSA) is 9.23 Å². The van der Waals surface area contributed by atoms with E-state index in [1.807, 2.05) is 6.07 Å². The Morgan fingerprint density at radius 2 is 1.70 bits per heavy atom. The van der Waals surface area contributed by atoms with Gasteiger partial charge < -0.3 is 4.74 Å². The first-order valence-electron chi connectivity index (χ1n) is 5.21. The molecule has 0 radical (unpaired) electrons. The minimum absolute atomic E-state index is 0.112. The first-order chi connectivity index (χ1) is 9.26.